The first-order valence-corrected chi connectivity index (χ1v) is 6.75. The molecule has 1 saturated carbocycles. The SMILES string of the molecule is COC(=O)c1cc2cccc3c2n1C(C1CC1)CN3. The van der Waals surface area contributed by atoms with E-state index in [0.29, 0.717) is 17.7 Å². The molecule has 1 aliphatic carbocycles. The minimum atomic E-state index is -0.241. The van der Waals surface area contributed by atoms with Crippen molar-refractivity contribution in [1.29, 1.82) is 0 Å². The van der Waals surface area contributed by atoms with Crippen LogP contribution < -0.4 is 5.32 Å². The molecule has 4 nitrogen and oxygen atoms in total. The number of nitrogens with one attached hydrogen (secondary N) is 1. The average Bonchev–Trinajstić information content (AvgIpc) is 3.21. The van der Waals surface area contributed by atoms with Crippen LogP contribution in [0.25, 0.3) is 10.9 Å². The second kappa shape index (κ2) is 3.76. The molecule has 1 aromatic carbocycles. The lowest BCUT2D eigenvalue weighted by Gasteiger charge is -2.28. The summed E-state index contributed by atoms with van der Waals surface area (Å²) in [6.07, 6.45) is 2.52. The van der Waals surface area contributed by atoms with Crippen molar-refractivity contribution in [3.63, 3.8) is 0 Å². The Morgan fingerprint density at radius 2 is 2.26 bits per heavy atom. The lowest BCUT2D eigenvalue weighted by atomic mass is 10.1. The van der Waals surface area contributed by atoms with Crippen LogP contribution in [0.3, 0.4) is 0 Å². The highest BCUT2D eigenvalue weighted by Gasteiger charge is 2.37. The van der Waals surface area contributed by atoms with Crippen molar-refractivity contribution in [2.24, 2.45) is 5.92 Å². The molecule has 0 spiro atoms. The molecular formula is C15H16N2O2. The van der Waals surface area contributed by atoms with Crippen LogP contribution in [0.4, 0.5) is 5.69 Å². The van der Waals surface area contributed by atoms with Crippen LogP contribution in [-0.2, 0) is 4.74 Å². The molecule has 0 amide bonds. The molecule has 0 radical (unpaired) electrons. The van der Waals surface area contributed by atoms with Gasteiger partial charge in [-0.25, -0.2) is 4.79 Å². The van der Waals surface area contributed by atoms with Gasteiger partial charge in [-0.05, 0) is 30.9 Å². The topological polar surface area (TPSA) is 43.3 Å². The van der Waals surface area contributed by atoms with Crippen molar-refractivity contribution >= 4 is 22.6 Å². The zero-order valence-corrected chi connectivity index (χ0v) is 10.8. The first-order chi connectivity index (χ1) is 9.29. The Kier molecular flexibility index (Phi) is 2.16. The molecule has 4 heteroatoms. The molecule has 1 aliphatic heterocycles. The number of carbonyl (C=O) groups excluding carboxylic acids is 1. The van der Waals surface area contributed by atoms with E-state index in [-0.39, 0.29) is 5.97 Å². The Hall–Kier alpha value is -1.97. The highest BCUT2D eigenvalue weighted by molar-refractivity contribution is 6.00. The number of carbonyl (C=O) groups is 1. The predicted octanol–water partition coefficient (Wildman–Crippen LogP) is 2.80. The van der Waals surface area contributed by atoms with E-state index in [2.05, 4.69) is 22.0 Å². The predicted molar refractivity (Wildman–Crippen MR) is 73.5 cm³/mol. The van der Waals surface area contributed by atoms with Gasteiger partial charge in [-0.2, -0.15) is 0 Å². The fourth-order valence-electron chi connectivity index (χ4n) is 3.20. The smallest absolute Gasteiger partial charge is 0.354 e. The van der Waals surface area contributed by atoms with E-state index < -0.39 is 0 Å². The van der Waals surface area contributed by atoms with Crippen molar-refractivity contribution in [2.45, 2.75) is 18.9 Å². The molecule has 1 aromatic heterocycles. The first kappa shape index (κ1) is 10.9. The van der Waals surface area contributed by atoms with E-state index in [0.717, 1.165) is 23.1 Å². The maximum Gasteiger partial charge on any atom is 0.354 e. The van der Waals surface area contributed by atoms with Crippen molar-refractivity contribution < 1.29 is 9.53 Å². The molecule has 2 aromatic rings. The summed E-state index contributed by atoms with van der Waals surface area (Å²) in [4.78, 5) is 12.0. The zero-order chi connectivity index (χ0) is 13.0. The minimum absolute atomic E-state index is 0.241. The largest absolute Gasteiger partial charge is 0.464 e. The van der Waals surface area contributed by atoms with E-state index in [4.69, 9.17) is 4.74 Å². The highest BCUT2D eigenvalue weighted by atomic mass is 16.5. The molecule has 19 heavy (non-hydrogen) atoms. The maximum absolute atomic E-state index is 12.0. The second-order valence-electron chi connectivity index (χ2n) is 5.42. The van der Waals surface area contributed by atoms with Crippen LogP contribution >= 0.6 is 0 Å². The number of aromatic nitrogens is 1. The van der Waals surface area contributed by atoms with Gasteiger partial charge in [0.1, 0.15) is 5.69 Å². The number of ether oxygens (including phenoxy) is 1. The molecule has 2 heterocycles. The molecule has 0 bridgehead atoms. The maximum atomic E-state index is 12.0. The van der Waals surface area contributed by atoms with Gasteiger partial charge in [-0.1, -0.05) is 12.1 Å². The van der Waals surface area contributed by atoms with Crippen molar-refractivity contribution in [1.82, 2.24) is 4.57 Å². The summed E-state index contributed by atoms with van der Waals surface area (Å²) < 4.78 is 7.14. The van der Waals surface area contributed by atoms with Crippen molar-refractivity contribution in [3.05, 3.63) is 30.0 Å². The van der Waals surface area contributed by atoms with Gasteiger partial charge in [0, 0.05) is 11.9 Å². The van der Waals surface area contributed by atoms with Gasteiger partial charge in [0.25, 0.3) is 0 Å². The third-order valence-electron chi connectivity index (χ3n) is 4.25. The van der Waals surface area contributed by atoms with Gasteiger partial charge in [0.05, 0.1) is 24.4 Å². The third-order valence-corrected chi connectivity index (χ3v) is 4.25. The molecule has 4 rings (SSSR count). The van der Waals surface area contributed by atoms with Crippen LogP contribution in [0.2, 0.25) is 0 Å². The fraction of sp³-hybridized carbons (Fsp3) is 0.400. The van der Waals surface area contributed by atoms with Crippen molar-refractivity contribution in [3.8, 4) is 0 Å². The molecule has 1 N–H and O–H groups in total. The summed E-state index contributed by atoms with van der Waals surface area (Å²) in [5.41, 5.74) is 2.94. The van der Waals surface area contributed by atoms with Crippen LogP contribution in [0, 0.1) is 5.92 Å². The number of para-hydroxylation sites is 1. The standard InChI is InChI=1S/C15H16N2O2/c1-19-15(18)12-7-10-3-2-4-11-14(10)17(12)13(8-16-11)9-5-6-9/h2-4,7,9,13,16H,5-6,8H2,1H3. The molecule has 2 aliphatic rings. The Labute approximate surface area is 111 Å². The van der Waals surface area contributed by atoms with E-state index in [1.54, 1.807) is 0 Å². The quantitative estimate of drug-likeness (QED) is 0.840. The van der Waals surface area contributed by atoms with Gasteiger partial charge >= 0.3 is 5.97 Å². The zero-order valence-electron chi connectivity index (χ0n) is 10.8. The van der Waals surface area contributed by atoms with Crippen LogP contribution in [-0.4, -0.2) is 24.2 Å². The van der Waals surface area contributed by atoms with Crippen LogP contribution in [0.1, 0.15) is 29.4 Å². The summed E-state index contributed by atoms with van der Waals surface area (Å²) in [5, 5.41) is 4.60. The molecule has 0 saturated heterocycles. The lowest BCUT2D eigenvalue weighted by Crippen LogP contribution is -2.28. The summed E-state index contributed by atoms with van der Waals surface area (Å²) >= 11 is 0. The highest BCUT2D eigenvalue weighted by Crippen LogP contribution is 2.45. The fourth-order valence-corrected chi connectivity index (χ4v) is 3.20. The summed E-state index contributed by atoms with van der Waals surface area (Å²) in [5.74, 6) is 0.453. The average molecular weight is 256 g/mol. The summed E-state index contributed by atoms with van der Waals surface area (Å²) in [7, 11) is 1.45. The third kappa shape index (κ3) is 1.49. The number of rotatable bonds is 2. The number of benzene rings is 1. The Balaban J connectivity index is 2.00. The molecule has 1 fully saturated rings. The minimum Gasteiger partial charge on any atom is -0.464 e. The van der Waals surface area contributed by atoms with Gasteiger partial charge in [0.15, 0.2) is 0 Å². The number of esters is 1. The number of methoxy groups -OCH3 is 1. The van der Waals surface area contributed by atoms with Crippen LogP contribution in [0.15, 0.2) is 24.3 Å². The number of hydrogen-bond donors (Lipinski definition) is 1. The monoisotopic (exact) mass is 256 g/mol. The summed E-state index contributed by atoms with van der Waals surface area (Å²) in [6.45, 7) is 0.898. The van der Waals surface area contributed by atoms with Gasteiger partial charge in [0.2, 0.25) is 0 Å². The van der Waals surface area contributed by atoms with Crippen LogP contribution in [0.5, 0.6) is 0 Å². The number of hydrogen-bond acceptors (Lipinski definition) is 3. The number of nitrogens with zero attached hydrogens (tertiary/aromatic N) is 1. The van der Waals surface area contributed by atoms with E-state index >= 15 is 0 Å². The van der Waals surface area contributed by atoms with Crippen molar-refractivity contribution in [2.75, 3.05) is 19.0 Å². The first-order valence-electron chi connectivity index (χ1n) is 6.75. The second-order valence-corrected chi connectivity index (χ2v) is 5.42. The Morgan fingerprint density at radius 1 is 1.42 bits per heavy atom. The lowest BCUT2D eigenvalue weighted by molar-refractivity contribution is 0.0586. The molecule has 98 valence electrons. The molecular weight excluding hydrogens is 240 g/mol. The Morgan fingerprint density at radius 3 is 3.00 bits per heavy atom. The molecule has 1 atom stereocenters. The normalized spacial score (nSPS) is 21.2. The number of anilines is 1. The summed E-state index contributed by atoms with van der Waals surface area (Å²) in [6, 6.07) is 8.48. The van der Waals surface area contributed by atoms with Gasteiger partial charge < -0.3 is 14.6 Å². The van der Waals surface area contributed by atoms with Gasteiger partial charge in [-0.3, -0.25) is 0 Å². The van der Waals surface area contributed by atoms with Gasteiger partial charge in [-0.15, -0.1) is 0 Å². The van der Waals surface area contributed by atoms with E-state index in [1.807, 2.05) is 12.1 Å². The molecule has 1 unspecified atom stereocenters. The van der Waals surface area contributed by atoms with E-state index in [9.17, 15) is 4.79 Å². The Bertz CT molecular complexity index is 670. The van der Waals surface area contributed by atoms with E-state index in [1.165, 1.54) is 20.0 Å².